The molecule has 178 valence electrons. The van der Waals surface area contributed by atoms with Gasteiger partial charge in [-0.15, -0.1) is 0 Å². The van der Waals surface area contributed by atoms with E-state index in [4.69, 9.17) is 18.9 Å². The van der Waals surface area contributed by atoms with Crippen molar-refractivity contribution in [3.63, 3.8) is 0 Å². The van der Waals surface area contributed by atoms with Gasteiger partial charge >= 0.3 is 0 Å². The first-order valence-electron chi connectivity index (χ1n) is 9.99. The third kappa shape index (κ3) is 4.18. The second-order valence-corrected chi connectivity index (χ2v) is 7.62. The van der Waals surface area contributed by atoms with E-state index in [1.54, 1.807) is 0 Å². The van der Waals surface area contributed by atoms with Gasteiger partial charge in [0.2, 0.25) is 12.0 Å². The van der Waals surface area contributed by atoms with Gasteiger partial charge in [0, 0.05) is 12.1 Å². The molecule has 4 rings (SSSR count). The smallest absolute Gasteiger partial charge is 0.270 e. The molecule has 1 fully saturated rings. The molecule has 33 heavy (non-hydrogen) atoms. The maximum atomic E-state index is 10.3. The number of phenols is 3. The van der Waals surface area contributed by atoms with Crippen LogP contribution >= 0.6 is 0 Å². The molecule has 5 atom stereocenters. The second kappa shape index (κ2) is 8.87. The van der Waals surface area contributed by atoms with Crippen LogP contribution in [0.5, 0.6) is 34.5 Å². The first kappa shape index (κ1) is 22.8. The van der Waals surface area contributed by atoms with Crippen molar-refractivity contribution >= 4 is 6.08 Å². The Hall–Kier alpha value is -3.38. The minimum absolute atomic E-state index is 0.107. The zero-order valence-corrected chi connectivity index (χ0v) is 17.7. The maximum Gasteiger partial charge on any atom is 0.270 e. The molecule has 2 aliphatic rings. The molecule has 0 saturated carbocycles. The number of phenolic OH excluding ortho intramolecular Hbond substituents is 3. The third-order valence-electron chi connectivity index (χ3n) is 5.47. The van der Waals surface area contributed by atoms with Gasteiger partial charge in [-0.25, -0.2) is 0 Å². The normalized spacial score (nSPS) is 26.6. The van der Waals surface area contributed by atoms with Gasteiger partial charge in [-0.1, -0.05) is 0 Å². The summed E-state index contributed by atoms with van der Waals surface area (Å²) in [7, 11) is 2.74. The highest BCUT2D eigenvalue weighted by Crippen LogP contribution is 2.47. The van der Waals surface area contributed by atoms with Crippen LogP contribution in [0.2, 0.25) is 0 Å². The average molecular weight is 465 g/mol. The molecule has 2 aliphatic heterocycles. The highest BCUT2D eigenvalue weighted by atomic mass is 16.7. The molecule has 0 bridgehead atoms. The van der Waals surface area contributed by atoms with E-state index in [0.717, 1.165) is 6.07 Å². The number of methoxy groups -OCH3 is 2. The molecule has 1 saturated heterocycles. The van der Waals surface area contributed by atoms with E-state index in [1.807, 2.05) is 0 Å². The summed E-state index contributed by atoms with van der Waals surface area (Å²) in [4.78, 5) is 0. The number of hydrogen-bond acceptors (Lipinski definition) is 10. The lowest BCUT2D eigenvalue weighted by Gasteiger charge is -2.36. The molecule has 11 heteroatoms. The van der Waals surface area contributed by atoms with Crippen LogP contribution in [0.3, 0.4) is 0 Å². The lowest BCUT2D eigenvalue weighted by atomic mass is 10.00. The fourth-order valence-electron chi connectivity index (χ4n) is 3.71. The van der Waals surface area contributed by atoms with E-state index in [-0.39, 0.29) is 52.4 Å². The predicted molar refractivity (Wildman–Crippen MR) is 112 cm³/mol. The van der Waals surface area contributed by atoms with Crippen molar-refractivity contribution in [3.8, 4) is 34.5 Å². The van der Waals surface area contributed by atoms with Crippen LogP contribution < -0.4 is 9.47 Å². The Bertz CT molecular complexity index is 1040. The van der Waals surface area contributed by atoms with E-state index < -0.39 is 30.7 Å². The summed E-state index contributed by atoms with van der Waals surface area (Å²) in [5.74, 6) is -0.0793. The van der Waals surface area contributed by atoms with Crippen LogP contribution in [-0.4, -0.2) is 80.8 Å². The summed E-state index contributed by atoms with van der Waals surface area (Å²) in [6.07, 6.45) is -5.11. The minimum Gasteiger partial charge on any atom is -0.571 e. The number of hydrogen-bond donors (Lipinski definition) is 6. The Morgan fingerprint density at radius 3 is 2.24 bits per heavy atom. The maximum absolute atomic E-state index is 10.3. The van der Waals surface area contributed by atoms with Crippen LogP contribution in [0.4, 0.5) is 0 Å². The zero-order valence-electron chi connectivity index (χ0n) is 17.7. The summed E-state index contributed by atoms with van der Waals surface area (Å²) in [5, 5.41) is 60.5. The predicted octanol–water partition coefficient (Wildman–Crippen LogP) is 0.613. The number of rotatable bonds is 5. The molecule has 0 radical (unpaired) electrons. The number of aromatic hydroxyl groups is 4. The van der Waals surface area contributed by atoms with E-state index >= 15 is 0 Å². The summed E-state index contributed by atoms with van der Waals surface area (Å²) in [6.45, 7) is -0.269. The molecule has 2 aromatic carbocycles. The Morgan fingerprint density at radius 1 is 0.939 bits per heavy atom. The Labute approximate surface area is 188 Å². The monoisotopic (exact) mass is 465 g/mol. The molecule has 0 aromatic heterocycles. The fraction of sp³-hybridized carbons (Fsp3) is 0.364. The van der Waals surface area contributed by atoms with Crippen molar-refractivity contribution < 1.29 is 54.3 Å². The molecular formula is C22H25O11+. The van der Waals surface area contributed by atoms with Crippen molar-refractivity contribution in [2.24, 2.45) is 0 Å². The number of fused-ring (bicyclic) bond motifs is 1. The summed E-state index contributed by atoms with van der Waals surface area (Å²) in [5.41, 5.74) is 0.703. The molecular weight excluding hydrogens is 440 g/mol. The molecule has 11 nitrogen and oxygen atoms in total. The molecule has 2 aromatic rings. The lowest BCUT2D eigenvalue weighted by Crippen LogP contribution is -2.53. The summed E-state index contributed by atoms with van der Waals surface area (Å²) >= 11 is 0. The SMILES string of the molecule is COc1cc(C2[OH+]c3cc(O)cc(O)c3C=C2O[C@H]2OC[C@H](O)[C@@H](O)[C@H]2O)cc(OC)c1O. The Kier molecular flexibility index (Phi) is 6.13. The number of benzene rings is 2. The summed E-state index contributed by atoms with van der Waals surface area (Å²) < 4.78 is 26.2. The van der Waals surface area contributed by atoms with E-state index in [1.165, 1.54) is 38.5 Å². The van der Waals surface area contributed by atoms with Gasteiger partial charge in [0.05, 0.1) is 32.5 Å². The third-order valence-corrected chi connectivity index (χ3v) is 5.47. The molecule has 7 N–H and O–H groups in total. The van der Waals surface area contributed by atoms with Crippen LogP contribution in [0, 0.1) is 0 Å². The van der Waals surface area contributed by atoms with Crippen molar-refractivity contribution in [2.45, 2.75) is 30.7 Å². The first-order valence-corrected chi connectivity index (χ1v) is 9.99. The number of ether oxygens (including phenoxy) is 5. The van der Waals surface area contributed by atoms with Crippen LogP contribution in [-0.2, 0) is 9.47 Å². The average Bonchev–Trinajstić information content (AvgIpc) is 2.79. The van der Waals surface area contributed by atoms with Crippen molar-refractivity contribution in [1.82, 2.24) is 0 Å². The van der Waals surface area contributed by atoms with Crippen LogP contribution in [0.15, 0.2) is 30.0 Å². The molecule has 1 unspecified atom stereocenters. The van der Waals surface area contributed by atoms with Gasteiger partial charge < -0.3 is 54.3 Å². The van der Waals surface area contributed by atoms with Crippen molar-refractivity contribution in [3.05, 3.63) is 41.2 Å². The second-order valence-electron chi connectivity index (χ2n) is 7.62. The molecule has 0 amide bonds. The van der Waals surface area contributed by atoms with Crippen LogP contribution in [0.25, 0.3) is 6.08 Å². The lowest BCUT2D eigenvalue weighted by molar-refractivity contribution is -0.263. The van der Waals surface area contributed by atoms with Crippen molar-refractivity contribution in [2.75, 3.05) is 20.8 Å². The summed E-state index contributed by atoms with van der Waals surface area (Å²) in [6, 6.07) is 5.51. The Balaban J connectivity index is 1.78. The zero-order chi connectivity index (χ0) is 23.9. The largest absolute Gasteiger partial charge is 0.571 e. The van der Waals surface area contributed by atoms with Gasteiger partial charge in [0.25, 0.3) is 11.9 Å². The van der Waals surface area contributed by atoms with E-state index in [9.17, 15) is 30.6 Å². The molecule has 2 heterocycles. The fourth-order valence-corrected chi connectivity index (χ4v) is 3.71. The number of aliphatic hydroxyl groups excluding tert-OH is 3. The number of aliphatic hydroxyl groups is 4. The topological polar surface area (TPSA) is 171 Å². The van der Waals surface area contributed by atoms with Crippen molar-refractivity contribution in [1.29, 1.82) is 0 Å². The van der Waals surface area contributed by atoms with E-state index in [0.29, 0.717) is 5.56 Å². The van der Waals surface area contributed by atoms with Gasteiger partial charge in [-0.05, 0) is 12.1 Å². The standard InChI is InChI=1S/C22H24O11/c1-29-15-3-9(4-16(30-2)19(15)27)21-17(33-22-20(28)18(26)13(25)8-31-22)7-11-12(24)5-10(23)6-14(11)32-21/h3-7,13,18,20-28H,8H2,1-2H3/p+1/t13-,18+,20+,21?,22+/m0/s1. The minimum atomic E-state index is -1.56. The van der Waals surface area contributed by atoms with Gasteiger partial charge in [0.1, 0.15) is 35.4 Å². The van der Waals surface area contributed by atoms with Gasteiger partial charge in [-0.2, -0.15) is 0 Å². The first-order chi connectivity index (χ1) is 15.7. The molecule has 0 spiro atoms. The highest BCUT2D eigenvalue weighted by Gasteiger charge is 2.42. The van der Waals surface area contributed by atoms with Crippen LogP contribution in [0.1, 0.15) is 17.2 Å². The quantitative estimate of drug-likeness (QED) is 0.344. The Morgan fingerprint density at radius 2 is 1.61 bits per heavy atom. The molecule has 0 aliphatic carbocycles. The van der Waals surface area contributed by atoms with Gasteiger partial charge in [0.15, 0.2) is 17.3 Å². The van der Waals surface area contributed by atoms with E-state index in [2.05, 4.69) is 4.74 Å². The highest BCUT2D eigenvalue weighted by molar-refractivity contribution is 5.69. The van der Waals surface area contributed by atoms with Gasteiger partial charge in [-0.3, -0.25) is 0 Å².